The van der Waals surface area contributed by atoms with Crippen molar-refractivity contribution in [3.8, 4) is 0 Å². The van der Waals surface area contributed by atoms with Crippen molar-refractivity contribution in [3.05, 3.63) is 122 Å². The lowest BCUT2D eigenvalue weighted by Crippen LogP contribution is -2.65. The highest BCUT2D eigenvalue weighted by atomic mass is 16.7. The fraction of sp³-hybridized carbons (Fsp3) is 0.704. The minimum atomic E-state index is -1.80. The number of carbonyl (C=O) groups is 1. The Morgan fingerprint density at radius 2 is 0.824 bits per heavy atom. The van der Waals surface area contributed by atoms with Crippen LogP contribution >= 0.6 is 0 Å². The third kappa shape index (κ3) is 39.1. The molecule has 0 saturated carbocycles. The molecule has 0 aromatic heterocycles. The summed E-state index contributed by atoms with van der Waals surface area (Å²) < 4.78 is 22.8. The number of unbranched alkanes of at least 4 members (excludes halogenated alkanes) is 21. The van der Waals surface area contributed by atoms with E-state index < -0.39 is 86.8 Å². The summed E-state index contributed by atoms with van der Waals surface area (Å²) in [4.78, 5) is 13.3. The number of hydrogen-bond acceptors (Lipinski definition) is 13. The second-order valence-corrected chi connectivity index (χ2v) is 22.8. The van der Waals surface area contributed by atoms with E-state index in [4.69, 9.17) is 18.9 Å². The molecule has 14 heteroatoms. The van der Waals surface area contributed by atoms with E-state index in [1.165, 1.54) is 103 Å². The number of amides is 1. The zero-order valence-corrected chi connectivity index (χ0v) is 52.6. The molecule has 0 aromatic carbocycles. The van der Waals surface area contributed by atoms with Crippen LogP contribution in [-0.4, -0.2) is 140 Å². The molecule has 0 aromatic rings. The van der Waals surface area contributed by atoms with Crippen LogP contribution in [0, 0.1) is 0 Å². The number of hydrogen-bond donors (Lipinski definition) is 9. The number of carbonyl (C=O) groups excluding carboxylic acids is 1. The molecule has 2 rings (SSSR count). The van der Waals surface area contributed by atoms with E-state index >= 15 is 0 Å². The van der Waals surface area contributed by atoms with Crippen molar-refractivity contribution >= 4 is 5.91 Å². The largest absolute Gasteiger partial charge is 0.394 e. The predicted octanol–water partition coefficient (Wildman–Crippen LogP) is 12.9. The van der Waals surface area contributed by atoms with Crippen LogP contribution in [-0.2, 0) is 23.7 Å². The first-order chi connectivity index (χ1) is 41.6. The summed E-state index contributed by atoms with van der Waals surface area (Å²) in [7, 11) is 0. The Morgan fingerprint density at radius 1 is 0.435 bits per heavy atom. The average molecular weight is 1190 g/mol. The maximum atomic E-state index is 13.3. The maximum Gasteiger partial charge on any atom is 0.220 e. The summed E-state index contributed by atoms with van der Waals surface area (Å²) in [5.74, 6) is -0.258. The van der Waals surface area contributed by atoms with Crippen molar-refractivity contribution in [2.24, 2.45) is 0 Å². The maximum absolute atomic E-state index is 13.3. The van der Waals surface area contributed by atoms with E-state index in [1.807, 2.05) is 6.08 Å². The van der Waals surface area contributed by atoms with Crippen LogP contribution in [0.5, 0.6) is 0 Å². The smallest absolute Gasteiger partial charge is 0.220 e. The average Bonchev–Trinajstić information content (AvgIpc) is 3.65. The van der Waals surface area contributed by atoms with Gasteiger partial charge in [0.25, 0.3) is 0 Å². The van der Waals surface area contributed by atoms with Gasteiger partial charge in [-0.05, 0) is 103 Å². The molecule has 2 aliphatic heterocycles. The molecule has 486 valence electrons. The highest BCUT2D eigenvalue weighted by Crippen LogP contribution is 2.30. The molecule has 0 bridgehead atoms. The third-order valence-electron chi connectivity index (χ3n) is 15.4. The molecule has 1 amide bonds. The van der Waals surface area contributed by atoms with Crippen LogP contribution in [0.15, 0.2) is 122 Å². The Hall–Kier alpha value is -3.61. The van der Waals surface area contributed by atoms with E-state index in [9.17, 15) is 45.6 Å². The van der Waals surface area contributed by atoms with E-state index in [-0.39, 0.29) is 18.9 Å². The van der Waals surface area contributed by atoms with Crippen molar-refractivity contribution in [2.75, 3.05) is 19.8 Å². The quantitative estimate of drug-likeness (QED) is 0.0204. The first-order valence-corrected chi connectivity index (χ1v) is 33.3. The SMILES string of the molecule is CC/C=C\C/C=C\C/C=C\C/C=C\C/C=C\C/C=C\C/C=C\CCCCCCCCCCCCCCCCCC(=O)NC(COC1OC(CO)C(OC2OC(CO)C(O)C(O)C2O)C(O)C1O)C(O)/C=C/CC/C=C/CC/C=C/CCCCCC. The summed E-state index contributed by atoms with van der Waals surface area (Å²) in [5.41, 5.74) is 0. The second kappa shape index (κ2) is 54.5. The first-order valence-electron chi connectivity index (χ1n) is 33.3. The number of ether oxygens (including phenoxy) is 4. The van der Waals surface area contributed by atoms with E-state index in [0.717, 1.165) is 89.9 Å². The molecule has 85 heavy (non-hydrogen) atoms. The zero-order valence-electron chi connectivity index (χ0n) is 52.6. The molecule has 0 radical (unpaired) electrons. The highest BCUT2D eigenvalue weighted by Gasteiger charge is 2.51. The van der Waals surface area contributed by atoms with Gasteiger partial charge in [-0.15, -0.1) is 0 Å². The van der Waals surface area contributed by atoms with Crippen molar-refractivity contribution in [1.82, 2.24) is 5.32 Å². The van der Waals surface area contributed by atoms with Crippen LogP contribution in [0.2, 0.25) is 0 Å². The Kier molecular flexibility index (Phi) is 49.7. The highest BCUT2D eigenvalue weighted by molar-refractivity contribution is 5.76. The zero-order chi connectivity index (χ0) is 61.6. The van der Waals surface area contributed by atoms with Crippen LogP contribution in [0.3, 0.4) is 0 Å². The molecule has 2 heterocycles. The molecule has 14 nitrogen and oxygen atoms in total. The minimum absolute atomic E-state index is 0.258. The molecular formula is C71H119NO13. The van der Waals surface area contributed by atoms with E-state index in [1.54, 1.807) is 6.08 Å². The Bertz CT molecular complexity index is 1890. The molecule has 2 saturated heterocycles. The molecule has 9 N–H and O–H groups in total. The van der Waals surface area contributed by atoms with Crippen LogP contribution in [0.1, 0.15) is 226 Å². The molecular weight excluding hydrogens is 1070 g/mol. The van der Waals surface area contributed by atoms with E-state index in [2.05, 4.69) is 129 Å². The van der Waals surface area contributed by atoms with Gasteiger partial charge in [0.15, 0.2) is 12.6 Å². The van der Waals surface area contributed by atoms with Gasteiger partial charge in [-0.2, -0.15) is 0 Å². The van der Waals surface area contributed by atoms with Gasteiger partial charge in [0.05, 0.1) is 32.0 Å². The van der Waals surface area contributed by atoms with Crippen molar-refractivity contribution in [2.45, 2.75) is 299 Å². The molecule has 2 fully saturated rings. The normalized spacial score (nSPS) is 24.4. The Balaban J connectivity index is 1.63. The first kappa shape index (κ1) is 77.5. The lowest BCUT2D eigenvalue weighted by atomic mass is 9.97. The number of nitrogens with one attached hydrogen (secondary N) is 1. The third-order valence-corrected chi connectivity index (χ3v) is 15.4. The molecule has 12 unspecified atom stereocenters. The van der Waals surface area contributed by atoms with Crippen LogP contribution < -0.4 is 5.32 Å². The molecule has 0 spiro atoms. The van der Waals surface area contributed by atoms with Crippen molar-refractivity contribution < 1.29 is 64.6 Å². The van der Waals surface area contributed by atoms with Gasteiger partial charge in [0, 0.05) is 6.42 Å². The van der Waals surface area contributed by atoms with Gasteiger partial charge in [0.2, 0.25) is 5.91 Å². The second-order valence-electron chi connectivity index (χ2n) is 22.8. The minimum Gasteiger partial charge on any atom is -0.394 e. The van der Waals surface area contributed by atoms with Gasteiger partial charge in [-0.1, -0.05) is 238 Å². The topological polar surface area (TPSA) is 228 Å². The van der Waals surface area contributed by atoms with Gasteiger partial charge in [-0.25, -0.2) is 0 Å². The number of rotatable bonds is 52. The molecule has 12 atom stereocenters. The Morgan fingerprint density at radius 3 is 1.29 bits per heavy atom. The van der Waals surface area contributed by atoms with Crippen LogP contribution in [0.25, 0.3) is 0 Å². The summed E-state index contributed by atoms with van der Waals surface area (Å²) in [6.45, 7) is 2.62. The van der Waals surface area contributed by atoms with Crippen molar-refractivity contribution in [1.29, 1.82) is 0 Å². The lowest BCUT2D eigenvalue weighted by molar-refractivity contribution is -0.359. The molecule has 2 aliphatic rings. The number of aliphatic hydroxyl groups excluding tert-OH is 8. The van der Waals surface area contributed by atoms with Crippen LogP contribution in [0.4, 0.5) is 0 Å². The summed E-state index contributed by atoms with van der Waals surface area (Å²) >= 11 is 0. The number of allylic oxidation sites excluding steroid dienone is 19. The molecule has 0 aliphatic carbocycles. The monoisotopic (exact) mass is 1190 g/mol. The lowest BCUT2D eigenvalue weighted by Gasteiger charge is -2.46. The predicted molar refractivity (Wildman–Crippen MR) is 345 cm³/mol. The van der Waals surface area contributed by atoms with Gasteiger partial charge in [-0.3, -0.25) is 4.79 Å². The van der Waals surface area contributed by atoms with Gasteiger partial charge < -0.3 is 65.1 Å². The fourth-order valence-corrected chi connectivity index (χ4v) is 10.1. The standard InChI is InChI=1S/C71H119NO13/c1-3-5-7-9-11-13-15-17-19-20-21-22-23-24-25-26-27-28-29-30-31-32-33-34-35-36-37-38-39-40-41-43-45-47-49-51-53-55-63(76)72-59(60(75)54-52-50-48-46-44-42-18-16-14-12-10-8-6-4-2)58-82-70-68(81)66(79)69(62(57-74)84-70)85-71-67(80)65(78)64(77)61(56-73)83-71/h5,7,11,13-14,16-17,19,21-22,24-25,27-28,30-31,44,46,52,54,59-62,64-71,73-75,77-81H,3-4,6,8-10,12,15,18,20,23,26,29,32-43,45,47-51,53,55-58H2,1-2H3,(H,72,76)/b7-5-,13-11-,16-14+,19-17-,22-21-,25-24-,28-27-,31-30-,46-44+,54-52+. The Labute approximate surface area is 514 Å². The summed E-state index contributed by atoms with van der Waals surface area (Å²) in [6, 6.07) is -0.944. The van der Waals surface area contributed by atoms with Crippen molar-refractivity contribution in [3.63, 3.8) is 0 Å². The summed E-state index contributed by atoms with van der Waals surface area (Å²) in [6.07, 6.45) is 62.6. The fourth-order valence-electron chi connectivity index (χ4n) is 10.1. The number of aliphatic hydroxyl groups is 8. The summed E-state index contributed by atoms with van der Waals surface area (Å²) in [5, 5.41) is 87.1. The van der Waals surface area contributed by atoms with E-state index in [0.29, 0.717) is 12.8 Å². The van der Waals surface area contributed by atoms with Gasteiger partial charge in [0.1, 0.15) is 48.8 Å². The van der Waals surface area contributed by atoms with Gasteiger partial charge >= 0.3 is 0 Å².